The van der Waals surface area contributed by atoms with Crippen molar-refractivity contribution in [3.63, 3.8) is 0 Å². The predicted octanol–water partition coefficient (Wildman–Crippen LogP) is 15.3. The van der Waals surface area contributed by atoms with E-state index in [4.69, 9.17) is 9.72 Å². The number of ether oxygens (including phenoxy) is 1. The number of benzene rings is 9. The highest BCUT2D eigenvalue weighted by molar-refractivity contribution is 6.26. The first kappa shape index (κ1) is 34.1. The highest BCUT2D eigenvalue weighted by Crippen LogP contribution is 2.51. The summed E-state index contributed by atoms with van der Waals surface area (Å²) in [5, 5.41) is 6.03. The van der Waals surface area contributed by atoms with Crippen LogP contribution in [0.3, 0.4) is 0 Å². The van der Waals surface area contributed by atoms with E-state index in [9.17, 15) is 0 Å². The maximum Gasteiger partial charge on any atom is 0.135 e. The topological polar surface area (TPSA) is 27.1 Å². The Kier molecular flexibility index (Phi) is 7.49. The summed E-state index contributed by atoms with van der Waals surface area (Å²) in [7, 11) is 0. The van der Waals surface area contributed by atoms with E-state index in [2.05, 4.69) is 199 Å². The summed E-state index contributed by atoms with van der Waals surface area (Å²) in [6.07, 6.45) is 1.95. The molecular formula is C58H38N2O. The van der Waals surface area contributed by atoms with Crippen molar-refractivity contribution in [1.82, 2.24) is 9.55 Å². The van der Waals surface area contributed by atoms with Crippen LogP contribution in [0.25, 0.3) is 93.7 Å². The van der Waals surface area contributed by atoms with Crippen LogP contribution in [-0.2, 0) is 6.42 Å². The lowest BCUT2D eigenvalue weighted by atomic mass is 9.86. The van der Waals surface area contributed by atoms with E-state index in [-0.39, 0.29) is 5.92 Å². The maximum atomic E-state index is 6.56. The lowest BCUT2D eigenvalue weighted by molar-refractivity contribution is 0.487. The zero-order valence-corrected chi connectivity index (χ0v) is 33.3. The molecule has 1 aliphatic carbocycles. The third-order valence-corrected chi connectivity index (χ3v) is 13.2. The monoisotopic (exact) mass is 778 g/mol. The van der Waals surface area contributed by atoms with Gasteiger partial charge < -0.3 is 9.30 Å². The van der Waals surface area contributed by atoms with Gasteiger partial charge in [0.15, 0.2) is 0 Å². The lowest BCUT2D eigenvalue weighted by Crippen LogP contribution is -2.05. The number of nitrogens with zero attached hydrogens (tertiary/aromatic N) is 2. The van der Waals surface area contributed by atoms with E-state index in [1.807, 2.05) is 6.07 Å². The van der Waals surface area contributed by atoms with E-state index < -0.39 is 0 Å². The Bertz CT molecular complexity index is 3570. The van der Waals surface area contributed by atoms with Crippen LogP contribution < -0.4 is 4.74 Å². The standard InChI is InChI=1S/C58H38N2O/c1-3-14-36(15-4-1)48-34-52(59-51-23-11-9-20-43(48)51)44-30-28-37-26-27-38(32-47(37)42-19-8-7-18-41(42)44)39-29-31-53-50(33-39)57-46-22-13-25-56-58(46)49(45-21-10-12-24-55(45)61-56)35-54(57)60(53)40-16-5-2-6-17-40/h1-27,29,31-35,44H,28,30H2. The zero-order chi connectivity index (χ0) is 40.0. The maximum absolute atomic E-state index is 6.56. The Morgan fingerprint density at radius 3 is 2.07 bits per heavy atom. The van der Waals surface area contributed by atoms with Crippen molar-refractivity contribution in [2.75, 3.05) is 0 Å². The minimum Gasteiger partial charge on any atom is -0.456 e. The Labute approximate surface area is 353 Å². The first-order valence-corrected chi connectivity index (χ1v) is 21.3. The van der Waals surface area contributed by atoms with Crippen molar-refractivity contribution in [3.8, 4) is 61.7 Å². The summed E-state index contributed by atoms with van der Waals surface area (Å²) in [6, 6.07) is 73.0. The molecule has 3 heterocycles. The molecule has 0 amide bonds. The molecule has 1 atom stereocenters. The van der Waals surface area contributed by atoms with Crippen molar-refractivity contribution in [3.05, 3.63) is 217 Å². The lowest BCUT2D eigenvalue weighted by Gasteiger charge is -2.22. The van der Waals surface area contributed by atoms with Gasteiger partial charge in [0, 0.05) is 44.4 Å². The van der Waals surface area contributed by atoms with Gasteiger partial charge in [-0.25, -0.2) is 0 Å². The molecule has 3 heteroatoms. The predicted molar refractivity (Wildman–Crippen MR) is 252 cm³/mol. The second-order valence-electron chi connectivity index (χ2n) is 16.5. The van der Waals surface area contributed by atoms with E-state index in [1.54, 1.807) is 0 Å². The minimum atomic E-state index is 0.158. The molecule has 2 aromatic heterocycles. The quantitative estimate of drug-likeness (QED) is 0.178. The van der Waals surface area contributed by atoms with E-state index in [1.165, 1.54) is 88.0 Å². The molecule has 1 unspecified atom stereocenters. The normalized spacial score (nSPS) is 14.1. The van der Waals surface area contributed by atoms with E-state index >= 15 is 0 Å². The van der Waals surface area contributed by atoms with Gasteiger partial charge in [-0.3, -0.25) is 4.98 Å². The molecule has 1 aliphatic heterocycles. The summed E-state index contributed by atoms with van der Waals surface area (Å²) in [4.78, 5) is 5.37. The van der Waals surface area contributed by atoms with Crippen LogP contribution in [0.1, 0.15) is 29.2 Å². The van der Waals surface area contributed by atoms with Gasteiger partial charge in [0.1, 0.15) is 11.5 Å². The fraction of sp³-hybridized carbons (Fsp3) is 0.0517. The number of hydrogen-bond donors (Lipinski definition) is 0. The number of aryl methyl sites for hydroxylation is 1. The largest absolute Gasteiger partial charge is 0.456 e. The molecule has 11 aromatic rings. The van der Waals surface area contributed by atoms with Crippen LogP contribution in [0.5, 0.6) is 11.5 Å². The number of hydrogen-bond acceptors (Lipinski definition) is 2. The second kappa shape index (κ2) is 13.4. The molecule has 0 saturated heterocycles. The Morgan fingerprint density at radius 2 is 1.16 bits per heavy atom. The molecule has 0 fully saturated rings. The molecule has 2 aliphatic rings. The molecule has 3 nitrogen and oxygen atoms in total. The Balaban J connectivity index is 0.986. The molecule has 0 saturated carbocycles. The van der Waals surface area contributed by atoms with Gasteiger partial charge >= 0.3 is 0 Å². The van der Waals surface area contributed by atoms with Gasteiger partial charge in [-0.05, 0) is 129 Å². The summed E-state index contributed by atoms with van der Waals surface area (Å²) in [6.45, 7) is 0. The average Bonchev–Trinajstić information content (AvgIpc) is 3.56. The van der Waals surface area contributed by atoms with Gasteiger partial charge in [-0.1, -0.05) is 140 Å². The van der Waals surface area contributed by atoms with Crippen LogP contribution in [0.4, 0.5) is 0 Å². The molecule has 286 valence electrons. The van der Waals surface area contributed by atoms with Crippen LogP contribution >= 0.6 is 0 Å². The average molecular weight is 779 g/mol. The highest BCUT2D eigenvalue weighted by atomic mass is 16.5. The fourth-order valence-corrected chi connectivity index (χ4v) is 10.5. The van der Waals surface area contributed by atoms with Crippen molar-refractivity contribution in [1.29, 1.82) is 0 Å². The van der Waals surface area contributed by atoms with Crippen LogP contribution in [0.15, 0.2) is 200 Å². The Hall–Kier alpha value is -7.75. The summed E-state index contributed by atoms with van der Waals surface area (Å²) in [5.41, 5.74) is 18.2. The first-order valence-electron chi connectivity index (χ1n) is 21.3. The zero-order valence-electron chi connectivity index (χ0n) is 33.3. The second-order valence-corrected chi connectivity index (χ2v) is 16.5. The van der Waals surface area contributed by atoms with Crippen molar-refractivity contribution < 1.29 is 4.74 Å². The van der Waals surface area contributed by atoms with E-state index in [0.29, 0.717) is 0 Å². The highest BCUT2D eigenvalue weighted by Gasteiger charge is 2.28. The van der Waals surface area contributed by atoms with Gasteiger partial charge in [-0.2, -0.15) is 0 Å². The van der Waals surface area contributed by atoms with Crippen molar-refractivity contribution in [2.24, 2.45) is 0 Å². The van der Waals surface area contributed by atoms with Crippen LogP contribution in [-0.4, -0.2) is 9.55 Å². The third kappa shape index (κ3) is 5.27. The fourth-order valence-electron chi connectivity index (χ4n) is 10.5. The van der Waals surface area contributed by atoms with Gasteiger partial charge in [0.25, 0.3) is 0 Å². The Morgan fingerprint density at radius 1 is 0.443 bits per heavy atom. The summed E-state index contributed by atoms with van der Waals surface area (Å²) >= 11 is 0. The van der Waals surface area contributed by atoms with Crippen LogP contribution in [0, 0.1) is 0 Å². The summed E-state index contributed by atoms with van der Waals surface area (Å²) < 4.78 is 8.99. The van der Waals surface area contributed by atoms with Gasteiger partial charge in [0.2, 0.25) is 0 Å². The molecule has 9 aromatic carbocycles. The number of para-hydroxylation sites is 3. The van der Waals surface area contributed by atoms with E-state index in [0.717, 1.165) is 46.8 Å². The SMILES string of the molecule is c1ccc(-c2cc(C3CCc4ccc(-c5ccc6c(c5)c5c7cccc8c7c(cc5n6-c5ccccc5)-c5ccccc5O8)cc4-c4ccccc43)nc3ccccc23)cc1. The number of pyridine rings is 1. The first-order chi connectivity index (χ1) is 30.2. The van der Waals surface area contributed by atoms with Crippen molar-refractivity contribution in [2.45, 2.75) is 18.8 Å². The van der Waals surface area contributed by atoms with Crippen LogP contribution in [0.2, 0.25) is 0 Å². The number of fused-ring (bicyclic) bond motifs is 10. The molecule has 0 spiro atoms. The summed E-state index contributed by atoms with van der Waals surface area (Å²) in [5.74, 6) is 1.96. The van der Waals surface area contributed by atoms with Gasteiger partial charge in [-0.15, -0.1) is 0 Å². The number of rotatable bonds is 4. The molecule has 61 heavy (non-hydrogen) atoms. The van der Waals surface area contributed by atoms with Crippen molar-refractivity contribution >= 4 is 43.5 Å². The molecule has 0 N–H and O–H groups in total. The molecule has 0 radical (unpaired) electrons. The molecule has 0 bridgehead atoms. The molecular weight excluding hydrogens is 741 g/mol. The van der Waals surface area contributed by atoms with Gasteiger partial charge in [0.05, 0.1) is 16.6 Å². The minimum absolute atomic E-state index is 0.158. The smallest absolute Gasteiger partial charge is 0.135 e. The third-order valence-electron chi connectivity index (χ3n) is 13.2. The number of aromatic nitrogens is 2. The molecule has 13 rings (SSSR count).